The van der Waals surface area contributed by atoms with Crippen molar-refractivity contribution in [3.8, 4) is 0 Å². The van der Waals surface area contributed by atoms with Crippen LogP contribution in [0.15, 0.2) is 0 Å². The van der Waals surface area contributed by atoms with Crippen molar-refractivity contribution in [1.82, 2.24) is 0 Å². The van der Waals surface area contributed by atoms with Gasteiger partial charge in [-0.05, 0) is 12.8 Å². The summed E-state index contributed by atoms with van der Waals surface area (Å²) in [6.07, 6.45) is 10.4. The maximum absolute atomic E-state index is 12.1. The van der Waals surface area contributed by atoms with E-state index in [4.69, 9.17) is 18.9 Å². The Hall–Kier alpha value is -1.14. The molecule has 0 aromatic carbocycles. The molecule has 2 aliphatic heterocycles. The number of fused-ring (bicyclic) bond motifs is 1. The van der Waals surface area contributed by atoms with Crippen LogP contribution in [0.4, 0.5) is 0 Å². The van der Waals surface area contributed by atoms with Crippen molar-refractivity contribution in [3.63, 3.8) is 0 Å². The Bertz CT molecular complexity index is 424. The molecule has 0 N–H and O–H groups in total. The van der Waals surface area contributed by atoms with E-state index in [0.29, 0.717) is 26.1 Å². The van der Waals surface area contributed by atoms with Crippen molar-refractivity contribution in [3.05, 3.63) is 0 Å². The molecule has 162 valence electrons. The van der Waals surface area contributed by atoms with Crippen molar-refractivity contribution in [2.24, 2.45) is 0 Å². The van der Waals surface area contributed by atoms with Crippen LogP contribution >= 0.6 is 0 Å². The lowest BCUT2D eigenvalue weighted by Crippen LogP contribution is -2.35. The van der Waals surface area contributed by atoms with Crippen LogP contribution in [0, 0.1) is 0 Å². The normalized spacial score (nSPS) is 26.2. The lowest BCUT2D eigenvalue weighted by molar-refractivity contribution is -0.155. The number of esters is 2. The predicted octanol–water partition coefficient (Wildman–Crippen LogP) is 4.33. The lowest BCUT2D eigenvalue weighted by atomic mass is 10.1. The third-order valence-corrected chi connectivity index (χ3v) is 5.50. The molecule has 0 radical (unpaired) electrons. The molecule has 0 saturated carbocycles. The molecule has 0 bridgehead atoms. The topological polar surface area (TPSA) is 71.1 Å². The van der Waals surface area contributed by atoms with Gasteiger partial charge in [0.25, 0.3) is 0 Å². The molecule has 2 fully saturated rings. The number of ether oxygens (including phenoxy) is 4. The third-order valence-electron chi connectivity index (χ3n) is 5.50. The van der Waals surface area contributed by atoms with Crippen molar-refractivity contribution < 1.29 is 28.5 Å². The van der Waals surface area contributed by atoms with Crippen molar-refractivity contribution in [2.75, 3.05) is 13.2 Å². The van der Waals surface area contributed by atoms with Gasteiger partial charge in [0.05, 0.1) is 13.2 Å². The van der Waals surface area contributed by atoms with E-state index >= 15 is 0 Å². The molecule has 6 nitrogen and oxygen atoms in total. The van der Waals surface area contributed by atoms with E-state index in [1.807, 2.05) is 0 Å². The summed E-state index contributed by atoms with van der Waals surface area (Å²) < 4.78 is 22.6. The van der Waals surface area contributed by atoms with Gasteiger partial charge in [-0.3, -0.25) is 9.59 Å². The van der Waals surface area contributed by atoms with E-state index in [1.165, 1.54) is 25.7 Å². The molecule has 0 aromatic rings. The smallest absolute Gasteiger partial charge is 0.306 e. The quantitative estimate of drug-likeness (QED) is 0.320. The van der Waals surface area contributed by atoms with Gasteiger partial charge in [-0.15, -0.1) is 0 Å². The maximum atomic E-state index is 12.1. The van der Waals surface area contributed by atoms with E-state index in [0.717, 1.165) is 38.5 Å². The Labute approximate surface area is 169 Å². The summed E-state index contributed by atoms with van der Waals surface area (Å²) in [5.41, 5.74) is 0. The number of rotatable bonds is 14. The average molecular weight is 399 g/mol. The molecule has 4 atom stereocenters. The summed E-state index contributed by atoms with van der Waals surface area (Å²) in [4.78, 5) is 24.1. The van der Waals surface area contributed by atoms with Gasteiger partial charge in [0.1, 0.15) is 12.2 Å². The van der Waals surface area contributed by atoms with E-state index in [1.54, 1.807) is 0 Å². The molecule has 2 aliphatic rings. The molecule has 2 rings (SSSR count). The number of carbonyl (C=O) groups excluding carboxylic acids is 2. The van der Waals surface area contributed by atoms with E-state index in [-0.39, 0.29) is 24.1 Å². The molecule has 0 unspecified atom stereocenters. The highest BCUT2D eigenvalue weighted by Gasteiger charge is 2.51. The van der Waals surface area contributed by atoms with Gasteiger partial charge in [-0.2, -0.15) is 0 Å². The van der Waals surface area contributed by atoms with Gasteiger partial charge in [0.15, 0.2) is 12.2 Å². The Morgan fingerprint density at radius 1 is 0.679 bits per heavy atom. The largest absolute Gasteiger partial charge is 0.457 e. The zero-order valence-electron chi connectivity index (χ0n) is 17.7. The van der Waals surface area contributed by atoms with Gasteiger partial charge >= 0.3 is 11.9 Å². The molecule has 6 heteroatoms. The minimum atomic E-state index is -0.397. The fourth-order valence-electron chi connectivity index (χ4n) is 3.83. The molecular formula is C22H38O6. The molecule has 0 aromatic heterocycles. The third kappa shape index (κ3) is 7.70. The first kappa shape index (κ1) is 23.1. The molecular weight excluding hydrogens is 360 g/mol. The fraction of sp³-hybridized carbons (Fsp3) is 0.909. The summed E-state index contributed by atoms with van der Waals surface area (Å²) in [7, 11) is 0. The second kappa shape index (κ2) is 13.2. The highest BCUT2D eigenvalue weighted by Crippen LogP contribution is 2.31. The zero-order chi connectivity index (χ0) is 20.2. The molecule has 28 heavy (non-hydrogen) atoms. The van der Waals surface area contributed by atoms with Crippen LogP contribution in [-0.2, 0) is 28.5 Å². The van der Waals surface area contributed by atoms with Crippen molar-refractivity contribution in [2.45, 2.75) is 115 Å². The summed E-state index contributed by atoms with van der Waals surface area (Å²) >= 11 is 0. The van der Waals surface area contributed by atoms with Crippen molar-refractivity contribution in [1.29, 1.82) is 0 Å². The minimum absolute atomic E-state index is 0.193. The van der Waals surface area contributed by atoms with E-state index in [2.05, 4.69) is 13.8 Å². The second-order valence-corrected chi connectivity index (χ2v) is 7.98. The SMILES string of the molecule is CCCCCCCC(=O)O[C@H]1CO[C@H]2[C@@H]1OC[C@H]2OC(=O)CCCCCCC. The number of hydrogen-bond acceptors (Lipinski definition) is 6. The van der Waals surface area contributed by atoms with Gasteiger partial charge in [-0.1, -0.05) is 65.2 Å². The minimum Gasteiger partial charge on any atom is -0.457 e. The first-order valence-electron chi connectivity index (χ1n) is 11.3. The van der Waals surface area contributed by atoms with Crippen LogP contribution in [0.25, 0.3) is 0 Å². The maximum Gasteiger partial charge on any atom is 0.306 e. The molecule has 0 aliphatic carbocycles. The van der Waals surface area contributed by atoms with Crippen molar-refractivity contribution >= 4 is 11.9 Å². The van der Waals surface area contributed by atoms with E-state index < -0.39 is 12.2 Å². The Morgan fingerprint density at radius 2 is 1.07 bits per heavy atom. The van der Waals surface area contributed by atoms with Crippen LogP contribution in [0.3, 0.4) is 0 Å². The number of carbonyl (C=O) groups is 2. The monoisotopic (exact) mass is 398 g/mol. The molecule has 2 heterocycles. The van der Waals surface area contributed by atoms with E-state index in [9.17, 15) is 9.59 Å². The van der Waals surface area contributed by atoms with Gasteiger partial charge in [0.2, 0.25) is 0 Å². The Kier molecular flexibility index (Phi) is 10.9. The molecule has 0 spiro atoms. The second-order valence-electron chi connectivity index (χ2n) is 7.98. The summed E-state index contributed by atoms with van der Waals surface area (Å²) in [5, 5.41) is 0. The lowest BCUT2D eigenvalue weighted by Gasteiger charge is -2.17. The average Bonchev–Trinajstić information content (AvgIpc) is 3.25. The van der Waals surface area contributed by atoms with Crippen LogP contribution in [0.2, 0.25) is 0 Å². The fourth-order valence-corrected chi connectivity index (χ4v) is 3.83. The first-order valence-corrected chi connectivity index (χ1v) is 11.3. The predicted molar refractivity (Wildman–Crippen MR) is 106 cm³/mol. The number of unbranched alkanes of at least 4 members (excludes halogenated alkanes) is 8. The summed E-state index contributed by atoms with van der Waals surface area (Å²) in [6.45, 7) is 4.96. The van der Waals surface area contributed by atoms with Gasteiger partial charge < -0.3 is 18.9 Å². The Balaban J connectivity index is 1.63. The zero-order valence-corrected chi connectivity index (χ0v) is 17.7. The molecule has 2 saturated heterocycles. The Morgan fingerprint density at radius 3 is 1.46 bits per heavy atom. The molecule has 0 amide bonds. The van der Waals surface area contributed by atoms with Crippen LogP contribution < -0.4 is 0 Å². The van der Waals surface area contributed by atoms with Gasteiger partial charge in [-0.25, -0.2) is 0 Å². The standard InChI is InChI=1S/C22H38O6/c1-3-5-7-9-11-13-19(23)27-17-15-25-22-18(16-26-21(17)22)28-20(24)14-12-10-8-6-4-2/h17-18,21-22H,3-16H2,1-2H3/t17-,18+,21-,22-/m1/s1. The van der Waals surface area contributed by atoms with Gasteiger partial charge in [0, 0.05) is 12.8 Å². The highest BCUT2D eigenvalue weighted by atomic mass is 16.7. The summed E-state index contributed by atoms with van der Waals surface area (Å²) in [6, 6.07) is 0. The highest BCUT2D eigenvalue weighted by molar-refractivity contribution is 5.70. The first-order chi connectivity index (χ1) is 13.7. The summed E-state index contributed by atoms with van der Waals surface area (Å²) in [5.74, 6) is -0.385. The van der Waals surface area contributed by atoms with Crippen LogP contribution in [0.5, 0.6) is 0 Å². The van der Waals surface area contributed by atoms with Crippen LogP contribution in [0.1, 0.15) is 90.9 Å². The van der Waals surface area contributed by atoms with Crippen LogP contribution in [-0.4, -0.2) is 49.6 Å². The number of hydrogen-bond donors (Lipinski definition) is 0.